The zero-order chi connectivity index (χ0) is 12.2. The van der Waals surface area contributed by atoms with Crippen LogP contribution in [0.15, 0.2) is 18.2 Å². The average molecular weight is 246 g/mol. The number of hydrogen-bond donors (Lipinski definition) is 2. The molecule has 1 aromatic rings. The minimum Gasteiger partial charge on any atom is -0.384 e. The molecule has 1 aliphatic heterocycles. The highest BCUT2D eigenvalue weighted by molar-refractivity contribution is 5.56. The predicted octanol–water partition coefficient (Wildman–Crippen LogP) is 2.17. The molecule has 3 heteroatoms. The van der Waals surface area contributed by atoms with Gasteiger partial charge in [0.2, 0.25) is 0 Å². The SMILES string of the molecule is c1cc2c(cc1CNCCOCC1CC1)CCN2. The van der Waals surface area contributed by atoms with Crippen molar-refractivity contribution in [3.8, 4) is 0 Å². The van der Waals surface area contributed by atoms with E-state index in [1.54, 1.807) is 0 Å². The summed E-state index contributed by atoms with van der Waals surface area (Å²) in [5.74, 6) is 0.870. The first-order chi connectivity index (χ1) is 8.92. The van der Waals surface area contributed by atoms with E-state index < -0.39 is 0 Å². The number of ether oxygens (including phenoxy) is 1. The molecule has 2 N–H and O–H groups in total. The summed E-state index contributed by atoms with van der Waals surface area (Å²) in [6, 6.07) is 6.71. The van der Waals surface area contributed by atoms with E-state index in [-0.39, 0.29) is 0 Å². The average Bonchev–Trinajstić information content (AvgIpc) is 3.09. The summed E-state index contributed by atoms with van der Waals surface area (Å²) in [6.45, 7) is 4.78. The highest BCUT2D eigenvalue weighted by atomic mass is 16.5. The molecule has 3 nitrogen and oxygen atoms in total. The standard InChI is InChI=1S/C15H22N2O/c1-2-12(1)11-18-8-7-16-10-13-3-4-15-14(9-13)5-6-17-15/h3-4,9,12,16-17H,1-2,5-8,10-11H2. The number of benzene rings is 1. The normalized spacial score (nSPS) is 17.6. The van der Waals surface area contributed by atoms with Crippen molar-refractivity contribution < 1.29 is 4.74 Å². The minimum atomic E-state index is 0.836. The Morgan fingerprint density at radius 3 is 3.17 bits per heavy atom. The van der Waals surface area contributed by atoms with Gasteiger partial charge in [0.05, 0.1) is 6.61 Å². The molecule has 1 fully saturated rings. The molecule has 1 heterocycles. The van der Waals surface area contributed by atoms with Gasteiger partial charge in [0.1, 0.15) is 0 Å². The van der Waals surface area contributed by atoms with Gasteiger partial charge >= 0.3 is 0 Å². The maximum absolute atomic E-state index is 5.60. The van der Waals surface area contributed by atoms with Gasteiger partial charge in [-0.25, -0.2) is 0 Å². The zero-order valence-corrected chi connectivity index (χ0v) is 10.9. The Morgan fingerprint density at radius 1 is 1.33 bits per heavy atom. The summed E-state index contributed by atoms with van der Waals surface area (Å²) < 4.78 is 5.60. The van der Waals surface area contributed by atoms with Gasteiger partial charge in [-0.05, 0) is 42.4 Å². The van der Waals surface area contributed by atoms with Gasteiger partial charge in [-0.3, -0.25) is 0 Å². The highest BCUT2D eigenvalue weighted by Crippen LogP contribution is 2.28. The second kappa shape index (κ2) is 5.72. The Bertz CT molecular complexity index is 401. The Morgan fingerprint density at radius 2 is 2.28 bits per heavy atom. The van der Waals surface area contributed by atoms with E-state index in [1.165, 1.54) is 29.7 Å². The molecule has 3 rings (SSSR count). The molecular formula is C15H22N2O. The molecule has 0 unspecified atom stereocenters. The fourth-order valence-corrected chi connectivity index (χ4v) is 2.38. The third-order valence-corrected chi connectivity index (χ3v) is 3.68. The van der Waals surface area contributed by atoms with Crippen molar-refractivity contribution >= 4 is 5.69 Å². The highest BCUT2D eigenvalue weighted by Gasteiger charge is 2.20. The summed E-state index contributed by atoms with van der Waals surface area (Å²) in [7, 11) is 0. The second-order valence-electron chi connectivity index (χ2n) is 5.36. The maximum Gasteiger partial charge on any atom is 0.0591 e. The van der Waals surface area contributed by atoms with Gasteiger partial charge in [0.15, 0.2) is 0 Å². The summed E-state index contributed by atoms with van der Waals surface area (Å²) in [5.41, 5.74) is 4.14. The Kier molecular flexibility index (Phi) is 3.81. The van der Waals surface area contributed by atoms with Crippen molar-refractivity contribution in [2.45, 2.75) is 25.8 Å². The molecule has 1 saturated carbocycles. The predicted molar refractivity (Wildman–Crippen MR) is 73.9 cm³/mol. The molecule has 0 aromatic heterocycles. The first kappa shape index (κ1) is 12.0. The molecule has 0 bridgehead atoms. The topological polar surface area (TPSA) is 33.3 Å². The summed E-state index contributed by atoms with van der Waals surface area (Å²) in [6.07, 6.45) is 3.90. The van der Waals surface area contributed by atoms with Crippen LogP contribution in [0, 0.1) is 5.92 Å². The zero-order valence-electron chi connectivity index (χ0n) is 10.9. The Balaban J connectivity index is 1.34. The van der Waals surface area contributed by atoms with Crippen molar-refractivity contribution in [1.82, 2.24) is 5.32 Å². The molecule has 0 atom stereocenters. The van der Waals surface area contributed by atoms with Crippen LogP contribution in [0.1, 0.15) is 24.0 Å². The quantitative estimate of drug-likeness (QED) is 0.723. The van der Waals surface area contributed by atoms with Crippen LogP contribution in [0.25, 0.3) is 0 Å². The van der Waals surface area contributed by atoms with Crippen molar-refractivity contribution in [3.05, 3.63) is 29.3 Å². The lowest BCUT2D eigenvalue weighted by atomic mass is 10.1. The van der Waals surface area contributed by atoms with Crippen LogP contribution >= 0.6 is 0 Å². The third-order valence-electron chi connectivity index (χ3n) is 3.68. The van der Waals surface area contributed by atoms with E-state index in [2.05, 4.69) is 28.8 Å². The number of rotatable bonds is 7. The van der Waals surface area contributed by atoms with Crippen LogP contribution in [0.4, 0.5) is 5.69 Å². The van der Waals surface area contributed by atoms with Crippen molar-refractivity contribution in [1.29, 1.82) is 0 Å². The Labute approximate surface area is 109 Å². The summed E-state index contributed by atoms with van der Waals surface area (Å²) >= 11 is 0. The van der Waals surface area contributed by atoms with Crippen LogP contribution in [0.2, 0.25) is 0 Å². The van der Waals surface area contributed by atoms with E-state index in [1.807, 2.05) is 0 Å². The molecule has 0 spiro atoms. The largest absolute Gasteiger partial charge is 0.384 e. The fraction of sp³-hybridized carbons (Fsp3) is 0.600. The smallest absolute Gasteiger partial charge is 0.0591 e. The van der Waals surface area contributed by atoms with Crippen LogP contribution in [0.5, 0.6) is 0 Å². The van der Waals surface area contributed by atoms with Crippen LogP contribution < -0.4 is 10.6 Å². The molecule has 2 aliphatic rings. The number of hydrogen-bond acceptors (Lipinski definition) is 3. The number of nitrogens with one attached hydrogen (secondary N) is 2. The first-order valence-corrected chi connectivity index (χ1v) is 7.06. The van der Waals surface area contributed by atoms with Crippen LogP contribution in [-0.4, -0.2) is 26.3 Å². The van der Waals surface area contributed by atoms with Gasteiger partial charge in [0.25, 0.3) is 0 Å². The summed E-state index contributed by atoms with van der Waals surface area (Å²) in [5, 5.41) is 6.83. The lowest BCUT2D eigenvalue weighted by molar-refractivity contribution is 0.126. The first-order valence-electron chi connectivity index (χ1n) is 7.06. The molecule has 1 aromatic carbocycles. The minimum absolute atomic E-state index is 0.836. The number of anilines is 1. The van der Waals surface area contributed by atoms with E-state index in [0.29, 0.717) is 0 Å². The van der Waals surface area contributed by atoms with Crippen molar-refractivity contribution in [2.24, 2.45) is 5.92 Å². The lowest BCUT2D eigenvalue weighted by Crippen LogP contribution is -2.19. The molecular weight excluding hydrogens is 224 g/mol. The molecule has 0 amide bonds. The van der Waals surface area contributed by atoms with Gasteiger partial charge in [-0.2, -0.15) is 0 Å². The lowest BCUT2D eigenvalue weighted by Gasteiger charge is -2.07. The molecule has 18 heavy (non-hydrogen) atoms. The monoisotopic (exact) mass is 246 g/mol. The van der Waals surface area contributed by atoms with E-state index in [0.717, 1.165) is 45.2 Å². The molecule has 0 saturated heterocycles. The van der Waals surface area contributed by atoms with E-state index in [9.17, 15) is 0 Å². The van der Waals surface area contributed by atoms with Gasteiger partial charge < -0.3 is 15.4 Å². The molecule has 1 aliphatic carbocycles. The fourth-order valence-electron chi connectivity index (χ4n) is 2.38. The molecule has 0 radical (unpaired) electrons. The van der Waals surface area contributed by atoms with Gasteiger partial charge in [-0.15, -0.1) is 0 Å². The van der Waals surface area contributed by atoms with Crippen LogP contribution in [0.3, 0.4) is 0 Å². The Hall–Kier alpha value is -1.06. The van der Waals surface area contributed by atoms with Gasteiger partial charge in [-0.1, -0.05) is 12.1 Å². The van der Waals surface area contributed by atoms with Crippen molar-refractivity contribution in [2.75, 3.05) is 31.6 Å². The second-order valence-corrected chi connectivity index (χ2v) is 5.36. The van der Waals surface area contributed by atoms with E-state index >= 15 is 0 Å². The maximum atomic E-state index is 5.60. The number of fused-ring (bicyclic) bond motifs is 1. The summed E-state index contributed by atoms with van der Waals surface area (Å²) in [4.78, 5) is 0. The van der Waals surface area contributed by atoms with E-state index in [4.69, 9.17) is 4.74 Å². The van der Waals surface area contributed by atoms with Crippen LogP contribution in [-0.2, 0) is 17.7 Å². The van der Waals surface area contributed by atoms with Crippen molar-refractivity contribution in [3.63, 3.8) is 0 Å². The molecule has 98 valence electrons. The van der Waals surface area contributed by atoms with Gasteiger partial charge in [0, 0.05) is 31.9 Å². The third kappa shape index (κ3) is 3.24.